The fourth-order valence-electron chi connectivity index (χ4n) is 3.58. The van der Waals surface area contributed by atoms with Gasteiger partial charge in [0.05, 0.1) is 17.4 Å². The van der Waals surface area contributed by atoms with E-state index in [1.165, 1.54) is 5.56 Å². The first-order chi connectivity index (χ1) is 11.5. The largest absolute Gasteiger partial charge is 0.353 e. The molecule has 1 N–H and O–H groups in total. The van der Waals surface area contributed by atoms with Crippen LogP contribution in [0.1, 0.15) is 30.8 Å². The van der Waals surface area contributed by atoms with Gasteiger partial charge in [-0.3, -0.25) is 9.69 Å². The molecule has 0 radical (unpaired) electrons. The highest BCUT2D eigenvalue weighted by Gasteiger charge is 2.32. The van der Waals surface area contributed by atoms with Crippen LogP contribution in [-0.2, 0) is 11.3 Å². The van der Waals surface area contributed by atoms with Crippen LogP contribution in [0.15, 0.2) is 30.3 Å². The van der Waals surface area contributed by atoms with Crippen LogP contribution >= 0.6 is 0 Å². The van der Waals surface area contributed by atoms with E-state index in [0.717, 1.165) is 30.2 Å². The highest BCUT2D eigenvalue weighted by atomic mass is 16.2. The lowest BCUT2D eigenvalue weighted by molar-refractivity contribution is -0.131. The second-order valence-corrected chi connectivity index (χ2v) is 6.92. The summed E-state index contributed by atoms with van der Waals surface area (Å²) in [5.74, 6) is 0.422. The lowest BCUT2D eigenvalue weighted by Crippen LogP contribution is -2.56. The number of nitrogens with zero attached hydrogens (tertiary/aromatic N) is 3. The Balaban J connectivity index is 1.93. The third kappa shape index (κ3) is 3.22. The van der Waals surface area contributed by atoms with Crippen LogP contribution in [0.2, 0.25) is 0 Å². The Bertz CT molecular complexity index is 735. The molecule has 2 aromatic rings. The molecule has 1 atom stereocenters. The van der Waals surface area contributed by atoms with Crippen molar-refractivity contribution in [3.8, 4) is 5.69 Å². The molecule has 0 aliphatic carbocycles. The molecule has 1 saturated heterocycles. The maximum Gasteiger partial charge on any atom is 0.237 e. The van der Waals surface area contributed by atoms with E-state index in [4.69, 9.17) is 0 Å². The summed E-state index contributed by atoms with van der Waals surface area (Å²) in [6.45, 7) is 10.6. The minimum atomic E-state index is -0.0766. The second-order valence-electron chi connectivity index (χ2n) is 6.92. The van der Waals surface area contributed by atoms with Crippen LogP contribution in [0.4, 0.5) is 0 Å². The van der Waals surface area contributed by atoms with E-state index < -0.39 is 0 Å². The van der Waals surface area contributed by atoms with Gasteiger partial charge in [-0.05, 0) is 37.5 Å². The minimum absolute atomic E-state index is 0.0766. The lowest BCUT2D eigenvalue weighted by Gasteiger charge is -2.37. The van der Waals surface area contributed by atoms with Crippen molar-refractivity contribution >= 4 is 5.91 Å². The number of para-hydroxylation sites is 1. The summed E-state index contributed by atoms with van der Waals surface area (Å²) in [4.78, 5) is 14.6. The predicted molar refractivity (Wildman–Crippen MR) is 95.1 cm³/mol. The van der Waals surface area contributed by atoms with E-state index in [1.807, 2.05) is 17.7 Å². The fourth-order valence-corrected chi connectivity index (χ4v) is 3.58. The number of carbonyl (C=O) groups is 1. The van der Waals surface area contributed by atoms with E-state index in [-0.39, 0.29) is 17.9 Å². The normalized spacial score (nSPS) is 18.9. The molecular weight excluding hydrogens is 300 g/mol. The maximum absolute atomic E-state index is 12.3. The molecule has 1 aromatic heterocycles. The first-order valence-corrected chi connectivity index (χ1v) is 8.60. The second kappa shape index (κ2) is 6.77. The molecule has 1 amide bonds. The van der Waals surface area contributed by atoms with E-state index >= 15 is 0 Å². The van der Waals surface area contributed by atoms with Gasteiger partial charge in [0.1, 0.15) is 0 Å². The molecular formula is C19H26N4O. The number of benzene rings is 1. The summed E-state index contributed by atoms with van der Waals surface area (Å²) in [6, 6.07) is 10.3. The summed E-state index contributed by atoms with van der Waals surface area (Å²) < 4.78 is 2.00. The monoisotopic (exact) mass is 326 g/mol. The average Bonchev–Trinajstić information content (AvgIpc) is 2.86. The molecule has 0 saturated carbocycles. The molecule has 3 rings (SSSR count). The summed E-state index contributed by atoms with van der Waals surface area (Å²) >= 11 is 0. The number of amides is 1. The summed E-state index contributed by atoms with van der Waals surface area (Å²) in [7, 11) is 0. The standard InChI is InChI=1S/C19H26N4O/c1-13(2)18-19(24)20-9-10-22(18)12-16-7-5-6-8-17(16)23-15(4)11-14(3)21-23/h5-8,11,13,18H,9-10,12H2,1-4H3,(H,20,24)/t18-/m0/s1. The summed E-state index contributed by atoms with van der Waals surface area (Å²) in [5.41, 5.74) is 4.43. The van der Waals surface area contributed by atoms with Crippen molar-refractivity contribution in [3.05, 3.63) is 47.3 Å². The molecule has 5 heteroatoms. The molecule has 0 bridgehead atoms. The number of rotatable bonds is 4. The van der Waals surface area contributed by atoms with Gasteiger partial charge in [0.25, 0.3) is 0 Å². The van der Waals surface area contributed by atoms with Crippen LogP contribution in [0.25, 0.3) is 5.69 Å². The molecule has 24 heavy (non-hydrogen) atoms. The van der Waals surface area contributed by atoms with Crippen molar-refractivity contribution in [2.45, 2.75) is 40.3 Å². The summed E-state index contributed by atoms with van der Waals surface area (Å²) in [5, 5.41) is 7.61. The van der Waals surface area contributed by atoms with Crippen molar-refractivity contribution in [2.75, 3.05) is 13.1 Å². The Morgan fingerprint density at radius 3 is 2.71 bits per heavy atom. The number of hydrogen-bond donors (Lipinski definition) is 1. The molecule has 1 aromatic carbocycles. The Morgan fingerprint density at radius 2 is 2.04 bits per heavy atom. The van der Waals surface area contributed by atoms with Crippen LogP contribution in [0, 0.1) is 19.8 Å². The third-order valence-electron chi connectivity index (χ3n) is 4.59. The van der Waals surface area contributed by atoms with Crippen molar-refractivity contribution < 1.29 is 4.79 Å². The van der Waals surface area contributed by atoms with E-state index in [2.05, 4.69) is 60.4 Å². The molecule has 0 unspecified atom stereocenters. The highest BCUT2D eigenvalue weighted by Crippen LogP contribution is 2.22. The number of nitrogens with one attached hydrogen (secondary N) is 1. The number of carbonyl (C=O) groups excluding carboxylic acids is 1. The van der Waals surface area contributed by atoms with E-state index in [9.17, 15) is 4.79 Å². The average molecular weight is 326 g/mol. The topological polar surface area (TPSA) is 50.2 Å². The smallest absolute Gasteiger partial charge is 0.237 e. The van der Waals surface area contributed by atoms with Crippen molar-refractivity contribution in [2.24, 2.45) is 5.92 Å². The first kappa shape index (κ1) is 16.7. The number of aromatic nitrogens is 2. The van der Waals surface area contributed by atoms with Crippen LogP contribution in [0.3, 0.4) is 0 Å². The number of piperazine rings is 1. The minimum Gasteiger partial charge on any atom is -0.353 e. The van der Waals surface area contributed by atoms with Crippen LogP contribution < -0.4 is 5.32 Å². The SMILES string of the molecule is Cc1cc(C)n(-c2ccccc2CN2CCNC(=O)[C@@H]2C(C)C)n1. The van der Waals surface area contributed by atoms with Crippen molar-refractivity contribution in [1.82, 2.24) is 20.0 Å². The Kier molecular flexibility index (Phi) is 4.71. The fraction of sp³-hybridized carbons (Fsp3) is 0.474. The number of hydrogen-bond acceptors (Lipinski definition) is 3. The quantitative estimate of drug-likeness (QED) is 0.939. The van der Waals surface area contributed by atoms with Crippen LogP contribution in [0.5, 0.6) is 0 Å². The lowest BCUT2D eigenvalue weighted by atomic mass is 9.98. The van der Waals surface area contributed by atoms with Gasteiger partial charge < -0.3 is 5.32 Å². The zero-order chi connectivity index (χ0) is 17.3. The van der Waals surface area contributed by atoms with Gasteiger partial charge in [-0.1, -0.05) is 32.0 Å². The Morgan fingerprint density at radius 1 is 1.29 bits per heavy atom. The van der Waals surface area contributed by atoms with Gasteiger partial charge in [0.2, 0.25) is 5.91 Å². The first-order valence-electron chi connectivity index (χ1n) is 8.60. The van der Waals surface area contributed by atoms with Crippen molar-refractivity contribution in [3.63, 3.8) is 0 Å². The number of aryl methyl sites for hydroxylation is 2. The Labute approximate surface area is 143 Å². The molecule has 1 aliphatic heterocycles. The summed E-state index contributed by atoms with van der Waals surface area (Å²) in [6.07, 6.45) is 0. The predicted octanol–water partition coefficient (Wildman–Crippen LogP) is 2.45. The molecule has 0 spiro atoms. The van der Waals surface area contributed by atoms with E-state index in [1.54, 1.807) is 0 Å². The van der Waals surface area contributed by atoms with E-state index in [0.29, 0.717) is 6.54 Å². The zero-order valence-electron chi connectivity index (χ0n) is 14.9. The molecule has 128 valence electrons. The van der Waals surface area contributed by atoms with Gasteiger partial charge in [-0.15, -0.1) is 0 Å². The van der Waals surface area contributed by atoms with Crippen molar-refractivity contribution in [1.29, 1.82) is 0 Å². The maximum atomic E-state index is 12.3. The highest BCUT2D eigenvalue weighted by molar-refractivity contribution is 5.82. The van der Waals surface area contributed by atoms with Gasteiger partial charge in [0, 0.05) is 25.3 Å². The molecule has 1 fully saturated rings. The molecule has 1 aliphatic rings. The van der Waals surface area contributed by atoms with Gasteiger partial charge in [-0.2, -0.15) is 5.10 Å². The zero-order valence-corrected chi connectivity index (χ0v) is 14.9. The molecule has 5 nitrogen and oxygen atoms in total. The van der Waals surface area contributed by atoms with Gasteiger partial charge in [-0.25, -0.2) is 4.68 Å². The van der Waals surface area contributed by atoms with Gasteiger partial charge >= 0.3 is 0 Å². The van der Waals surface area contributed by atoms with Gasteiger partial charge in [0.15, 0.2) is 0 Å². The van der Waals surface area contributed by atoms with Crippen LogP contribution in [-0.4, -0.2) is 39.7 Å². The Hall–Kier alpha value is -2.14. The molecule has 2 heterocycles. The third-order valence-corrected chi connectivity index (χ3v) is 4.59.